The highest BCUT2D eigenvalue weighted by molar-refractivity contribution is 5.97. The summed E-state index contributed by atoms with van der Waals surface area (Å²) in [6, 6.07) is 9.83. The van der Waals surface area contributed by atoms with E-state index in [1.54, 1.807) is 43.8 Å². The van der Waals surface area contributed by atoms with Crippen LogP contribution in [0.3, 0.4) is 0 Å². The number of aromatic nitrogens is 1. The van der Waals surface area contributed by atoms with Gasteiger partial charge in [0.05, 0.1) is 7.11 Å². The summed E-state index contributed by atoms with van der Waals surface area (Å²) >= 11 is 0. The number of rotatable bonds is 7. The molecule has 0 spiro atoms. The molecule has 0 saturated heterocycles. The Balaban J connectivity index is 1.98. The minimum absolute atomic E-state index is 0.0453. The number of nitrogens with one attached hydrogen (secondary N) is 2. The van der Waals surface area contributed by atoms with Gasteiger partial charge in [-0.15, -0.1) is 0 Å². The minimum Gasteiger partial charge on any atom is -0.497 e. The summed E-state index contributed by atoms with van der Waals surface area (Å²) in [4.78, 5) is 28.9. The van der Waals surface area contributed by atoms with Crippen molar-refractivity contribution in [2.24, 2.45) is 5.92 Å². The molecule has 1 aromatic heterocycles. The number of methoxy groups -OCH3 is 1. The first-order chi connectivity index (χ1) is 12.0. The molecule has 2 aromatic rings. The average molecular weight is 341 g/mol. The molecule has 2 rings (SSSR count). The number of hydrogen-bond donors (Lipinski definition) is 2. The van der Waals surface area contributed by atoms with E-state index in [0.29, 0.717) is 17.9 Å². The second kappa shape index (κ2) is 8.82. The molecule has 6 heteroatoms. The molecule has 2 amide bonds. The predicted molar refractivity (Wildman–Crippen MR) is 95.2 cm³/mol. The third-order valence-corrected chi connectivity index (χ3v) is 3.78. The van der Waals surface area contributed by atoms with Crippen LogP contribution in [0.25, 0.3) is 0 Å². The Hall–Kier alpha value is -2.89. The zero-order valence-corrected chi connectivity index (χ0v) is 14.7. The van der Waals surface area contributed by atoms with Crippen LogP contribution >= 0.6 is 0 Å². The lowest BCUT2D eigenvalue weighted by Gasteiger charge is -2.22. The van der Waals surface area contributed by atoms with Crippen LogP contribution in [0, 0.1) is 5.92 Å². The van der Waals surface area contributed by atoms with Crippen LogP contribution in [0.5, 0.6) is 5.75 Å². The maximum Gasteiger partial charge on any atom is 0.251 e. The van der Waals surface area contributed by atoms with Crippen LogP contribution in [0.1, 0.15) is 29.8 Å². The second-order valence-corrected chi connectivity index (χ2v) is 6.00. The average Bonchev–Trinajstić information content (AvgIpc) is 2.64. The van der Waals surface area contributed by atoms with Gasteiger partial charge in [0.2, 0.25) is 5.91 Å². The fourth-order valence-corrected chi connectivity index (χ4v) is 2.30. The lowest BCUT2D eigenvalue weighted by molar-refractivity contribution is -0.124. The van der Waals surface area contributed by atoms with Gasteiger partial charge < -0.3 is 15.4 Å². The number of nitrogens with zero attached hydrogens (tertiary/aromatic N) is 1. The molecule has 132 valence electrons. The lowest BCUT2D eigenvalue weighted by Crippen LogP contribution is -2.49. The Morgan fingerprint density at radius 2 is 1.88 bits per heavy atom. The summed E-state index contributed by atoms with van der Waals surface area (Å²) < 4.78 is 5.08. The first kappa shape index (κ1) is 18.4. The first-order valence-corrected chi connectivity index (χ1v) is 8.12. The minimum atomic E-state index is -0.619. The van der Waals surface area contributed by atoms with Crippen molar-refractivity contribution in [3.63, 3.8) is 0 Å². The Morgan fingerprint density at radius 3 is 2.44 bits per heavy atom. The molecule has 0 aliphatic carbocycles. The van der Waals surface area contributed by atoms with E-state index in [1.165, 1.54) is 0 Å². The zero-order chi connectivity index (χ0) is 18.2. The van der Waals surface area contributed by atoms with E-state index in [4.69, 9.17) is 4.74 Å². The topological polar surface area (TPSA) is 80.3 Å². The summed E-state index contributed by atoms with van der Waals surface area (Å²) in [5, 5.41) is 5.64. The molecule has 0 bridgehead atoms. The number of carbonyl (C=O) groups is 2. The van der Waals surface area contributed by atoms with Crippen LogP contribution < -0.4 is 15.4 Å². The SMILES string of the molecule is COc1ccc(C(=O)N[C@H](C(=O)NCc2cccnc2)C(C)C)cc1. The maximum absolute atomic E-state index is 12.5. The Labute approximate surface area is 147 Å². The van der Waals surface area contributed by atoms with Gasteiger partial charge in [-0.1, -0.05) is 19.9 Å². The monoisotopic (exact) mass is 341 g/mol. The second-order valence-electron chi connectivity index (χ2n) is 6.00. The van der Waals surface area contributed by atoms with Crippen LogP contribution in [-0.2, 0) is 11.3 Å². The van der Waals surface area contributed by atoms with E-state index in [0.717, 1.165) is 5.56 Å². The van der Waals surface area contributed by atoms with Gasteiger partial charge in [0, 0.05) is 24.5 Å². The van der Waals surface area contributed by atoms with E-state index in [1.807, 2.05) is 26.0 Å². The maximum atomic E-state index is 12.5. The number of ether oxygens (including phenoxy) is 1. The fraction of sp³-hybridized carbons (Fsp3) is 0.316. The highest BCUT2D eigenvalue weighted by Gasteiger charge is 2.24. The number of hydrogen-bond acceptors (Lipinski definition) is 4. The van der Waals surface area contributed by atoms with E-state index >= 15 is 0 Å². The van der Waals surface area contributed by atoms with Gasteiger partial charge in [0.1, 0.15) is 11.8 Å². The van der Waals surface area contributed by atoms with E-state index in [2.05, 4.69) is 15.6 Å². The summed E-state index contributed by atoms with van der Waals surface area (Å²) in [6.07, 6.45) is 3.37. The molecule has 0 aliphatic heterocycles. The molecule has 25 heavy (non-hydrogen) atoms. The van der Waals surface area contributed by atoms with Crippen molar-refractivity contribution in [3.05, 3.63) is 59.9 Å². The smallest absolute Gasteiger partial charge is 0.251 e. The molecule has 1 aromatic carbocycles. The molecule has 2 N–H and O–H groups in total. The molecule has 0 fully saturated rings. The molecule has 0 radical (unpaired) electrons. The number of benzene rings is 1. The van der Waals surface area contributed by atoms with Gasteiger partial charge in [-0.05, 0) is 41.8 Å². The molecule has 0 aliphatic rings. The number of amides is 2. The van der Waals surface area contributed by atoms with Crippen LogP contribution in [0.4, 0.5) is 0 Å². The van der Waals surface area contributed by atoms with E-state index in [-0.39, 0.29) is 17.7 Å². The van der Waals surface area contributed by atoms with Crippen molar-refractivity contribution in [1.82, 2.24) is 15.6 Å². The van der Waals surface area contributed by atoms with Gasteiger partial charge in [0.25, 0.3) is 5.91 Å². The standard InChI is InChI=1S/C19H23N3O3/c1-13(2)17(19(24)21-12-14-5-4-10-20-11-14)22-18(23)15-6-8-16(25-3)9-7-15/h4-11,13,17H,12H2,1-3H3,(H,21,24)(H,22,23)/t17-/m0/s1. The third kappa shape index (κ3) is 5.31. The van der Waals surface area contributed by atoms with Crippen molar-refractivity contribution in [2.45, 2.75) is 26.4 Å². The number of carbonyl (C=O) groups excluding carboxylic acids is 2. The molecule has 0 saturated carbocycles. The summed E-state index contributed by atoms with van der Waals surface area (Å²) in [5.41, 5.74) is 1.38. The lowest BCUT2D eigenvalue weighted by atomic mass is 10.0. The van der Waals surface area contributed by atoms with Crippen LogP contribution in [-0.4, -0.2) is 29.9 Å². The quantitative estimate of drug-likeness (QED) is 0.809. The Morgan fingerprint density at radius 1 is 1.16 bits per heavy atom. The Kier molecular flexibility index (Phi) is 6.51. The first-order valence-electron chi connectivity index (χ1n) is 8.12. The van der Waals surface area contributed by atoms with Crippen molar-refractivity contribution in [3.8, 4) is 5.75 Å². The molecule has 1 atom stereocenters. The Bertz CT molecular complexity index is 700. The highest BCUT2D eigenvalue weighted by Crippen LogP contribution is 2.12. The fourth-order valence-electron chi connectivity index (χ4n) is 2.30. The molecular formula is C19H23N3O3. The molecular weight excluding hydrogens is 318 g/mol. The van der Waals surface area contributed by atoms with Gasteiger partial charge in [-0.25, -0.2) is 0 Å². The van der Waals surface area contributed by atoms with Gasteiger partial charge in [0.15, 0.2) is 0 Å². The number of pyridine rings is 1. The van der Waals surface area contributed by atoms with Crippen LogP contribution in [0.15, 0.2) is 48.8 Å². The van der Waals surface area contributed by atoms with Crippen molar-refractivity contribution in [1.29, 1.82) is 0 Å². The normalized spacial score (nSPS) is 11.7. The molecule has 1 heterocycles. The van der Waals surface area contributed by atoms with Crippen molar-refractivity contribution in [2.75, 3.05) is 7.11 Å². The van der Waals surface area contributed by atoms with Crippen LogP contribution in [0.2, 0.25) is 0 Å². The van der Waals surface area contributed by atoms with E-state index < -0.39 is 6.04 Å². The third-order valence-electron chi connectivity index (χ3n) is 3.78. The van der Waals surface area contributed by atoms with Gasteiger partial charge in [-0.2, -0.15) is 0 Å². The van der Waals surface area contributed by atoms with Gasteiger partial charge >= 0.3 is 0 Å². The highest BCUT2D eigenvalue weighted by atomic mass is 16.5. The summed E-state index contributed by atoms with van der Waals surface area (Å²) in [6.45, 7) is 4.15. The molecule has 6 nitrogen and oxygen atoms in total. The van der Waals surface area contributed by atoms with Gasteiger partial charge in [-0.3, -0.25) is 14.6 Å². The largest absolute Gasteiger partial charge is 0.497 e. The van der Waals surface area contributed by atoms with E-state index in [9.17, 15) is 9.59 Å². The predicted octanol–water partition coefficient (Wildman–Crippen LogP) is 2.16. The summed E-state index contributed by atoms with van der Waals surface area (Å²) in [5.74, 6) is 0.112. The van der Waals surface area contributed by atoms with Crippen molar-refractivity contribution >= 4 is 11.8 Å². The van der Waals surface area contributed by atoms with Crippen molar-refractivity contribution < 1.29 is 14.3 Å². The zero-order valence-electron chi connectivity index (χ0n) is 14.7. The molecule has 0 unspecified atom stereocenters. The summed E-state index contributed by atoms with van der Waals surface area (Å²) in [7, 11) is 1.57.